The number of amides is 1. The maximum absolute atomic E-state index is 12.8. The summed E-state index contributed by atoms with van der Waals surface area (Å²) < 4.78 is 23.2. The van der Waals surface area contributed by atoms with Crippen molar-refractivity contribution < 1.29 is 32.9 Å². The molecular weight excluding hydrogens is 876 g/mol. The van der Waals surface area contributed by atoms with Crippen LogP contribution >= 0.6 is 7.82 Å². The summed E-state index contributed by atoms with van der Waals surface area (Å²) in [6.45, 7) is 4.52. The van der Waals surface area contributed by atoms with E-state index in [4.69, 9.17) is 9.05 Å². The highest BCUT2D eigenvalue weighted by Crippen LogP contribution is 2.38. The summed E-state index contributed by atoms with van der Waals surface area (Å²) in [7, 11) is 1.29. The van der Waals surface area contributed by atoms with E-state index in [0.717, 1.165) is 96.3 Å². The summed E-state index contributed by atoms with van der Waals surface area (Å²) in [6.07, 6.45) is 73.1. The third kappa shape index (κ3) is 52.8. The standard InChI is InChI=1S/C60H105N2O6P/c1-6-8-10-12-14-15-16-17-18-19-20-21-22-23-24-25-26-27-28-29-30-31-32-33-34-35-36-37-38-39-40-41-42-43-44-45-46-47-48-50-52-54-60(64)61-58(59(63)53-51-49-13-11-9-7-2)57-68-69(65,66)67-56-55-62(3,4)5/h8,10,14-15,17-18,20-21,23-24,26-27,29-30,32-33,35-36,58-59,63H,6-7,9,11-13,16,19,22,25,28,31,34,37-57H2,1-5H3,(H-,61,64,65,66)/b10-8-,15-14-,18-17-,21-20-,24-23-,27-26-,30-29-,33-32-,36-35-. The minimum atomic E-state index is -4.56. The van der Waals surface area contributed by atoms with Gasteiger partial charge in [-0.05, 0) is 83.5 Å². The first-order chi connectivity index (χ1) is 33.5. The molecule has 0 fully saturated rings. The van der Waals surface area contributed by atoms with Crippen molar-refractivity contribution in [1.29, 1.82) is 0 Å². The second kappa shape index (κ2) is 50.1. The Labute approximate surface area is 425 Å². The van der Waals surface area contributed by atoms with Crippen LogP contribution in [0.1, 0.15) is 213 Å². The number of rotatable bonds is 49. The van der Waals surface area contributed by atoms with E-state index in [2.05, 4.69) is 129 Å². The number of unbranched alkanes of at least 4 members (excludes halogenated alkanes) is 18. The summed E-state index contributed by atoms with van der Waals surface area (Å²) >= 11 is 0. The van der Waals surface area contributed by atoms with Crippen LogP contribution in [0.4, 0.5) is 0 Å². The van der Waals surface area contributed by atoms with Crippen molar-refractivity contribution in [2.24, 2.45) is 0 Å². The molecule has 0 aliphatic carbocycles. The molecule has 3 atom stereocenters. The molecule has 8 nitrogen and oxygen atoms in total. The zero-order valence-corrected chi connectivity index (χ0v) is 45.9. The molecule has 0 aliphatic rings. The third-order valence-electron chi connectivity index (χ3n) is 11.8. The molecule has 0 saturated carbocycles. The number of aliphatic hydroxyl groups excluding tert-OH is 1. The van der Waals surface area contributed by atoms with Crippen molar-refractivity contribution in [3.8, 4) is 0 Å². The van der Waals surface area contributed by atoms with Crippen LogP contribution in [0.3, 0.4) is 0 Å². The molecule has 0 aromatic carbocycles. The van der Waals surface area contributed by atoms with Crippen LogP contribution in [-0.2, 0) is 18.4 Å². The van der Waals surface area contributed by atoms with E-state index < -0.39 is 20.0 Å². The number of allylic oxidation sites excluding steroid dienone is 18. The highest BCUT2D eigenvalue weighted by atomic mass is 31.2. The largest absolute Gasteiger partial charge is 0.756 e. The number of quaternary nitrogens is 1. The van der Waals surface area contributed by atoms with Gasteiger partial charge in [0.25, 0.3) is 7.82 Å². The number of nitrogens with zero attached hydrogens (tertiary/aromatic N) is 1. The normalized spacial score (nSPS) is 14.8. The molecule has 0 aromatic rings. The zero-order valence-electron chi connectivity index (χ0n) is 45.0. The van der Waals surface area contributed by atoms with Gasteiger partial charge in [-0.3, -0.25) is 9.36 Å². The molecular formula is C60H105N2O6P. The zero-order chi connectivity index (χ0) is 50.6. The predicted octanol–water partition coefficient (Wildman–Crippen LogP) is 16.2. The molecule has 0 aliphatic heterocycles. The summed E-state index contributed by atoms with van der Waals surface area (Å²) in [5.41, 5.74) is 0. The Kier molecular flexibility index (Phi) is 48.1. The van der Waals surface area contributed by atoms with Gasteiger partial charge >= 0.3 is 0 Å². The average Bonchev–Trinajstić information content (AvgIpc) is 3.31. The van der Waals surface area contributed by atoms with Gasteiger partial charge in [-0.1, -0.05) is 232 Å². The van der Waals surface area contributed by atoms with E-state index >= 15 is 0 Å². The lowest BCUT2D eigenvalue weighted by atomic mass is 10.0. The first-order valence-electron chi connectivity index (χ1n) is 27.7. The number of hydrogen-bond donors (Lipinski definition) is 2. The lowest BCUT2D eigenvalue weighted by Crippen LogP contribution is -2.46. The number of nitrogens with one attached hydrogen (secondary N) is 1. The monoisotopic (exact) mass is 981 g/mol. The van der Waals surface area contributed by atoms with Crippen molar-refractivity contribution in [1.82, 2.24) is 5.32 Å². The van der Waals surface area contributed by atoms with E-state index in [1.807, 2.05) is 21.1 Å². The van der Waals surface area contributed by atoms with E-state index in [1.165, 1.54) is 89.9 Å². The number of carbonyl (C=O) groups excluding carboxylic acids is 1. The molecule has 9 heteroatoms. The van der Waals surface area contributed by atoms with Gasteiger partial charge in [-0.15, -0.1) is 0 Å². The van der Waals surface area contributed by atoms with Gasteiger partial charge in [0, 0.05) is 6.42 Å². The number of phosphoric ester groups is 1. The van der Waals surface area contributed by atoms with Crippen LogP contribution in [0.15, 0.2) is 109 Å². The molecule has 1 amide bonds. The predicted molar refractivity (Wildman–Crippen MR) is 297 cm³/mol. The first kappa shape index (κ1) is 66.2. The second-order valence-electron chi connectivity index (χ2n) is 19.6. The SMILES string of the molecule is CC/C=C\C/C=C\C/C=C\C/C=C\C/C=C\C/C=C\C/C=C\C/C=C\C/C=C\CCCCCCCCCCCCCCCC(=O)NC(COP(=O)([O-])OCC[N+](C)(C)C)C(O)CCCCCCCC. The van der Waals surface area contributed by atoms with Gasteiger partial charge in [-0.25, -0.2) is 0 Å². The smallest absolute Gasteiger partial charge is 0.268 e. The van der Waals surface area contributed by atoms with Gasteiger partial charge in [0.05, 0.1) is 39.9 Å². The number of likely N-dealkylation sites (N-methyl/N-ethyl adjacent to an activating group) is 1. The lowest BCUT2D eigenvalue weighted by molar-refractivity contribution is -0.870. The first-order valence-corrected chi connectivity index (χ1v) is 29.2. The van der Waals surface area contributed by atoms with Crippen LogP contribution in [0, 0.1) is 0 Å². The number of carbonyl (C=O) groups is 1. The lowest BCUT2D eigenvalue weighted by Gasteiger charge is -2.30. The Morgan fingerprint density at radius 2 is 0.884 bits per heavy atom. The fraction of sp³-hybridized carbons (Fsp3) is 0.683. The third-order valence-corrected chi connectivity index (χ3v) is 12.7. The van der Waals surface area contributed by atoms with E-state index in [-0.39, 0.29) is 19.1 Å². The summed E-state index contributed by atoms with van der Waals surface area (Å²) in [5.74, 6) is -0.176. The second-order valence-corrected chi connectivity index (χ2v) is 21.0. The Balaban J connectivity index is 3.87. The molecule has 0 saturated heterocycles. The maximum atomic E-state index is 12.8. The van der Waals surface area contributed by atoms with Crippen LogP contribution in [0.25, 0.3) is 0 Å². The quantitative estimate of drug-likeness (QED) is 0.0272. The van der Waals surface area contributed by atoms with Crippen molar-refractivity contribution in [3.05, 3.63) is 109 Å². The molecule has 0 radical (unpaired) electrons. The molecule has 2 N–H and O–H groups in total. The Morgan fingerprint density at radius 3 is 1.29 bits per heavy atom. The molecule has 3 unspecified atom stereocenters. The van der Waals surface area contributed by atoms with Gasteiger partial charge in [-0.2, -0.15) is 0 Å². The maximum Gasteiger partial charge on any atom is 0.268 e. The van der Waals surface area contributed by atoms with Crippen LogP contribution in [0.2, 0.25) is 0 Å². The van der Waals surface area contributed by atoms with Gasteiger partial charge in [0.15, 0.2) is 0 Å². The van der Waals surface area contributed by atoms with Crippen LogP contribution in [-0.4, -0.2) is 68.5 Å². The van der Waals surface area contributed by atoms with Crippen molar-refractivity contribution in [2.45, 2.75) is 225 Å². The van der Waals surface area contributed by atoms with Gasteiger partial charge < -0.3 is 28.8 Å². The van der Waals surface area contributed by atoms with Crippen molar-refractivity contribution >= 4 is 13.7 Å². The molecule has 396 valence electrons. The van der Waals surface area contributed by atoms with E-state index in [0.29, 0.717) is 23.9 Å². The molecule has 0 rings (SSSR count). The number of aliphatic hydroxyl groups is 1. The average molecular weight is 981 g/mol. The Morgan fingerprint density at radius 1 is 0.522 bits per heavy atom. The summed E-state index contributed by atoms with van der Waals surface area (Å²) in [6, 6.07) is -0.803. The molecule has 69 heavy (non-hydrogen) atoms. The summed E-state index contributed by atoms with van der Waals surface area (Å²) in [4.78, 5) is 25.2. The molecule has 0 bridgehead atoms. The minimum Gasteiger partial charge on any atom is -0.756 e. The highest BCUT2D eigenvalue weighted by molar-refractivity contribution is 7.45. The summed E-state index contributed by atoms with van der Waals surface area (Å²) in [5, 5.41) is 13.8. The number of hydrogen-bond acceptors (Lipinski definition) is 6. The van der Waals surface area contributed by atoms with Crippen LogP contribution in [0.5, 0.6) is 0 Å². The molecule has 0 aromatic heterocycles. The fourth-order valence-corrected chi connectivity index (χ4v) is 8.17. The van der Waals surface area contributed by atoms with Gasteiger partial charge in [0.2, 0.25) is 5.91 Å². The fourth-order valence-electron chi connectivity index (χ4n) is 7.44. The van der Waals surface area contributed by atoms with Crippen molar-refractivity contribution in [2.75, 3.05) is 40.9 Å². The molecule has 0 spiro atoms. The van der Waals surface area contributed by atoms with Crippen molar-refractivity contribution in [3.63, 3.8) is 0 Å². The van der Waals surface area contributed by atoms with Gasteiger partial charge in [0.1, 0.15) is 13.2 Å². The molecule has 0 heterocycles. The number of phosphoric acid groups is 1. The van der Waals surface area contributed by atoms with E-state index in [1.54, 1.807) is 0 Å². The Hall–Kier alpha value is -2.84. The van der Waals surface area contributed by atoms with E-state index in [9.17, 15) is 19.4 Å². The Bertz CT molecular complexity index is 1490. The topological polar surface area (TPSA) is 108 Å². The van der Waals surface area contributed by atoms with Crippen LogP contribution < -0.4 is 10.2 Å². The highest BCUT2D eigenvalue weighted by Gasteiger charge is 2.24. The minimum absolute atomic E-state index is 0.00749.